The van der Waals surface area contributed by atoms with Gasteiger partial charge in [0.25, 0.3) is 0 Å². The van der Waals surface area contributed by atoms with E-state index in [0.29, 0.717) is 33.6 Å². The van der Waals surface area contributed by atoms with Crippen LogP contribution >= 0.6 is 23.2 Å². The van der Waals surface area contributed by atoms with Gasteiger partial charge in [-0.3, -0.25) is 4.57 Å². The molecule has 9 heteroatoms. The molecule has 0 amide bonds. The molecule has 3 rings (SSSR count). The fraction of sp³-hybridized carbons (Fsp3) is 0.533. The lowest BCUT2D eigenvalue weighted by Gasteiger charge is -2.20. The molecule has 4 unspecified atom stereocenters. The summed E-state index contributed by atoms with van der Waals surface area (Å²) < 4.78 is 7.27. The van der Waals surface area contributed by atoms with Crippen LogP contribution in [0.3, 0.4) is 0 Å². The minimum absolute atomic E-state index is 0.346. The van der Waals surface area contributed by atoms with Crippen LogP contribution in [0.25, 0.3) is 11.0 Å². The number of hydrogen-bond donors (Lipinski definition) is 4. The predicted octanol–water partition coefficient (Wildman–Crippen LogP) is 1.78. The third-order valence-electron chi connectivity index (χ3n) is 4.04. The molecular weight excluding hydrogens is 357 g/mol. The Morgan fingerprint density at radius 1 is 1.25 bits per heavy atom. The summed E-state index contributed by atoms with van der Waals surface area (Å²) in [5.74, 6) is 0.472. The number of aliphatic hydroxyl groups is 3. The third-order valence-corrected chi connectivity index (χ3v) is 4.76. The van der Waals surface area contributed by atoms with E-state index < -0.39 is 31.1 Å². The summed E-state index contributed by atoms with van der Waals surface area (Å²) in [5, 5.41) is 33.6. The molecule has 2 heterocycles. The molecule has 2 aromatic rings. The Morgan fingerprint density at radius 2 is 1.96 bits per heavy atom. The van der Waals surface area contributed by atoms with E-state index >= 15 is 0 Å². The quantitative estimate of drug-likeness (QED) is 0.635. The molecule has 4 N–H and O–H groups in total. The zero-order valence-electron chi connectivity index (χ0n) is 13.0. The highest BCUT2D eigenvalue weighted by atomic mass is 35.5. The maximum atomic E-state index is 10.3. The van der Waals surface area contributed by atoms with Gasteiger partial charge in [-0.25, -0.2) is 4.98 Å². The van der Waals surface area contributed by atoms with Gasteiger partial charge in [0.05, 0.1) is 27.7 Å². The molecule has 0 aliphatic carbocycles. The first kappa shape index (κ1) is 17.7. The zero-order chi connectivity index (χ0) is 17.4. The molecule has 0 radical (unpaired) electrons. The number of hydrogen-bond acceptors (Lipinski definition) is 6. The topological polar surface area (TPSA) is 99.8 Å². The normalized spacial score (nSPS) is 27.1. The fourth-order valence-corrected chi connectivity index (χ4v) is 3.12. The van der Waals surface area contributed by atoms with Gasteiger partial charge in [-0.05, 0) is 18.6 Å². The van der Waals surface area contributed by atoms with E-state index in [1.807, 2.05) is 6.92 Å². The number of nitrogens with one attached hydrogen (secondary N) is 1. The van der Waals surface area contributed by atoms with E-state index in [1.54, 1.807) is 16.7 Å². The molecule has 0 bridgehead atoms. The first-order valence-corrected chi connectivity index (χ1v) is 8.46. The molecule has 1 aliphatic rings. The average molecular weight is 376 g/mol. The van der Waals surface area contributed by atoms with Crippen LogP contribution in [0.1, 0.15) is 19.6 Å². The van der Waals surface area contributed by atoms with Crippen molar-refractivity contribution in [3.8, 4) is 0 Å². The monoisotopic (exact) mass is 375 g/mol. The first-order chi connectivity index (χ1) is 11.5. The molecule has 1 aromatic heterocycles. The number of ether oxygens (including phenoxy) is 1. The predicted molar refractivity (Wildman–Crippen MR) is 91.5 cm³/mol. The maximum absolute atomic E-state index is 10.3. The molecule has 4 atom stereocenters. The van der Waals surface area contributed by atoms with Gasteiger partial charge in [0.2, 0.25) is 5.95 Å². The minimum atomic E-state index is -1.21. The van der Waals surface area contributed by atoms with Crippen molar-refractivity contribution in [2.45, 2.75) is 37.9 Å². The van der Waals surface area contributed by atoms with E-state index in [2.05, 4.69) is 10.3 Å². The highest BCUT2D eigenvalue weighted by Gasteiger charge is 2.44. The second-order valence-electron chi connectivity index (χ2n) is 5.72. The van der Waals surface area contributed by atoms with Crippen LogP contribution in [-0.4, -0.2) is 56.3 Å². The van der Waals surface area contributed by atoms with Gasteiger partial charge in [0.15, 0.2) is 6.23 Å². The summed E-state index contributed by atoms with van der Waals surface area (Å²) >= 11 is 12.2. The Morgan fingerprint density at radius 3 is 2.58 bits per heavy atom. The molecule has 1 aromatic carbocycles. The summed E-state index contributed by atoms with van der Waals surface area (Å²) in [5.41, 5.74) is 1.19. The second kappa shape index (κ2) is 7.03. The van der Waals surface area contributed by atoms with E-state index in [-0.39, 0.29) is 0 Å². The molecule has 0 spiro atoms. The summed E-state index contributed by atoms with van der Waals surface area (Å²) in [6, 6.07) is 3.27. The Hall–Kier alpha value is -1.09. The van der Waals surface area contributed by atoms with Crippen molar-refractivity contribution in [3.05, 3.63) is 22.2 Å². The van der Waals surface area contributed by atoms with Crippen molar-refractivity contribution >= 4 is 40.2 Å². The van der Waals surface area contributed by atoms with Crippen LogP contribution in [0.5, 0.6) is 0 Å². The van der Waals surface area contributed by atoms with E-state index in [4.69, 9.17) is 27.9 Å². The van der Waals surface area contributed by atoms with Gasteiger partial charge in [-0.1, -0.05) is 30.1 Å². The molecule has 1 saturated heterocycles. The Bertz CT molecular complexity index is 739. The van der Waals surface area contributed by atoms with Crippen molar-refractivity contribution in [1.82, 2.24) is 9.55 Å². The number of benzene rings is 1. The van der Waals surface area contributed by atoms with E-state index in [0.717, 1.165) is 6.42 Å². The highest BCUT2D eigenvalue weighted by Crippen LogP contribution is 2.37. The van der Waals surface area contributed by atoms with Gasteiger partial charge in [-0.15, -0.1) is 0 Å². The number of aromatic nitrogens is 2. The van der Waals surface area contributed by atoms with Crippen molar-refractivity contribution in [2.75, 3.05) is 18.5 Å². The van der Waals surface area contributed by atoms with Crippen LogP contribution in [0.2, 0.25) is 10.0 Å². The van der Waals surface area contributed by atoms with Crippen molar-refractivity contribution < 1.29 is 20.1 Å². The molecule has 24 heavy (non-hydrogen) atoms. The van der Waals surface area contributed by atoms with Crippen LogP contribution in [0, 0.1) is 0 Å². The number of imidazole rings is 1. The van der Waals surface area contributed by atoms with E-state index in [1.165, 1.54) is 0 Å². The average Bonchev–Trinajstić information content (AvgIpc) is 3.04. The van der Waals surface area contributed by atoms with Gasteiger partial charge >= 0.3 is 0 Å². The SMILES string of the molecule is CCCNc1nc2cc(Cl)c(Cl)cc2n1C1OC(CO)C(O)C1O. The van der Waals surface area contributed by atoms with E-state index in [9.17, 15) is 15.3 Å². The lowest BCUT2D eigenvalue weighted by atomic mass is 10.1. The number of fused-ring (bicyclic) bond motifs is 1. The van der Waals surface area contributed by atoms with Crippen molar-refractivity contribution in [3.63, 3.8) is 0 Å². The second-order valence-corrected chi connectivity index (χ2v) is 6.53. The summed E-state index contributed by atoms with van der Waals surface area (Å²) in [7, 11) is 0. The largest absolute Gasteiger partial charge is 0.394 e. The Balaban J connectivity index is 2.12. The van der Waals surface area contributed by atoms with Gasteiger partial charge < -0.3 is 25.4 Å². The van der Waals surface area contributed by atoms with Crippen molar-refractivity contribution in [2.24, 2.45) is 0 Å². The summed E-state index contributed by atoms with van der Waals surface area (Å²) in [6.07, 6.45) is -3.31. The smallest absolute Gasteiger partial charge is 0.206 e. The number of rotatable bonds is 5. The number of nitrogens with zero attached hydrogens (tertiary/aromatic N) is 2. The van der Waals surface area contributed by atoms with Gasteiger partial charge in [0, 0.05) is 6.54 Å². The molecule has 7 nitrogen and oxygen atoms in total. The highest BCUT2D eigenvalue weighted by molar-refractivity contribution is 6.42. The minimum Gasteiger partial charge on any atom is -0.394 e. The molecule has 132 valence electrons. The lowest BCUT2D eigenvalue weighted by molar-refractivity contribution is -0.0499. The zero-order valence-corrected chi connectivity index (χ0v) is 14.5. The standard InChI is InChI=1S/C15H19Cl2N3O4/c1-2-3-18-15-19-9-4-7(16)8(17)5-10(9)20(15)14-13(23)12(22)11(6-21)24-14/h4-5,11-14,21-23H,2-3,6H2,1H3,(H,18,19). The molecular formula is C15H19Cl2N3O4. The summed E-state index contributed by atoms with van der Waals surface area (Å²) in [6.45, 7) is 2.28. The fourth-order valence-electron chi connectivity index (χ4n) is 2.80. The Kier molecular flexibility index (Phi) is 5.19. The van der Waals surface area contributed by atoms with Gasteiger partial charge in [-0.2, -0.15) is 0 Å². The first-order valence-electron chi connectivity index (χ1n) is 7.71. The molecule has 1 fully saturated rings. The van der Waals surface area contributed by atoms with Crippen LogP contribution in [0.4, 0.5) is 5.95 Å². The summed E-state index contributed by atoms with van der Waals surface area (Å²) in [4.78, 5) is 4.48. The van der Waals surface area contributed by atoms with Gasteiger partial charge in [0.1, 0.15) is 18.3 Å². The maximum Gasteiger partial charge on any atom is 0.206 e. The number of anilines is 1. The Labute approximate surface area is 148 Å². The number of halogens is 2. The van der Waals surface area contributed by atoms with Crippen LogP contribution in [-0.2, 0) is 4.74 Å². The molecule has 0 saturated carbocycles. The van der Waals surface area contributed by atoms with Crippen molar-refractivity contribution in [1.29, 1.82) is 0 Å². The molecule has 1 aliphatic heterocycles. The lowest BCUT2D eigenvalue weighted by Crippen LogP contribution is -2.33. The van der Waals surface area contributed by atoms with Crippen LogP contribution < -0.4 is 5.32 Å². The van der Waals surface area contributed by atoms with Crippen LogP contribution in [0.15, 0.2) is 12.1 Å². The third kappa shape index (κ3) is 2.96. The number of aliphatic hydroxyl groups excluding tert-OH is 3.